The Hall–Kier alpha value is -3.16. The molecule has 0 aromatic carbocycles. The van der Waals surface area contributed by atoms with Gasteiger partial charge >= 0.3 is 5.97 Å². The van der Waals surface area contributed by atoms with Gasteiger partial charge in [-0.15, -0.1) is 0 Å². The molecule has 0 aromatic rings. The second-order valence-electron chi connectivity index (χ2n) is 20.0. The Kier molecular flexibility index (Phi) is 46.2. The van der Waals surface area contributed by atoms with Gasteiger partial charge in [-0.3, -0.25) is 9.59 Å². The van der Waals surface area contributed by atoms with Crippen LogP contribution in [0.4, 0.5) is 0 Å². The van der Waals surface area contributed by atoms with E-state index in [1.54, 1.807) is 6.08 Å². The first kappa shape index (κ1) is 67.9. The van der Waals surface area contributed by atoms with Gasteiger partial charge in [-0.05, 0) is 77.0 Å². The summed E-state index contributed by atoms with van der Waals surface area (Å²) in [6.45, 7) is 5.62. The molecule has 0 aromatic heterocycles. The van der Waals surface area contributed by atoms with Gasteiger partial charge in [0.15, 0.2) is 12.4 Å². The van der Waals surface area contributed by atoms with E-state index in [9.17, 15) is 35.1 Å². The Bertz CT molecular complexity index is 1510. The number of aliphatic hydroxyl groups is 5. The van der Waals surface area contributed by atoms with Crippen molar-refractivity contribution in [3.05, 3.63) is 85.1 Å². The monoisotopic (exact) mass is 1030 g/mol. The highest BCUT2D eigenvalue weighted by Gasteiger charge is 2.47. The van der Waals surface area contributed by atoms with Crippen molar-refractivity contribution in [1.29, 1.82) is 0 Å². The van der Waals surface area contributed by atoms with Crippen LogP contribution in [-0.4, -0.2) is 99.6 Å². The maximum absolute atomic E-state index is 13.4. The van der Waals surface area contributed by atoms with Crippen LogP contribution < -0.4 is 5.32 Å². The number of nitrogens with one attached hydrogen (secondary N) is 1. The van der Waals surface area contributed by atoms with Gasteiger partial charge in [0.1, 0.15) is 24.4 Å². The van der Waals surface area contributed by atoms with Crippen molar-refractivity contribution < 1.29 is 49.3 Å². The van der Waals surface area contributed by atoms with Crippen molar-refractivity contribution in [3.8, 4) is 0 Å². The van der Waals surface area contributed by atoms with E-state index in [-0.39, 0.29) is 19.4 Å². The van der Waals surface area contributed by atoms with Crippen LogP contribution in [0.5, 0.6) is 0 Å². The van der Waals surface area contributed by atoms with Gasteiger partial charge in [0.05, 0.1) is 25.4 Å². The molecule has 1 fully saturated rings. The maximum atomic E-state index is 13.4. The van der Waals surface area contributed by atoms with Crippen LogP contribution in [0.2, 0.25) is 0 Å². The third-order valence-corrected chi connectivity index (χ3v) is 13.3. The second-order valence-corrected chi connectivity index (χ2v) is 20.0. The van der Waals surface area contributed by atoms with E-state index in [0.717, 1.165) is 103 Å². The number of carbonyl (C=O) groups excluding carboxylic acids is 2. The molecule has 1 rings (SSSR count). The number of hydrogen-bond donors (Lipinski definition) is 6. The van der Waals surface area contributed by atoms with E-state index in [1.807, 2.05) is 6.08 Å². The molecule has 0 bridgehead atoms. The van der Waals surface area contributed by atoms with Crippen molar-refractivity contribution in [2.45, 2.75) is 282 Å². The van der Waals surface area contributed by atoms with Crippen LogP contribution >= 0.6 is 0 Å². The van der Waals surface area contributed by atoms with Crippen LogP contribution in [0.15, 0.2) is 85.1 Å². The minimum Gasteiger partial charge on any atom is -0.454 e. The van der Waals surface area contributed by atoms with Gasteiger partial charge in [0.25, 0.3) is 0 Å². The molecular weight excluding hydrogens is 919 g/mol. The van der Waals surface area contributed by atoms with E-state index < -0.39 is 67.4 Å². The van der Waals surface area contributed by atoms with Crippen LogP contribution in [0.1, 0.15) is 233 Å². The van der Waals surface area contributed by atoms with E-state index in [2.05, 4.69) is 99.0 Å². The quantitative estimate of drug-likeness (QED) is 0.0195. The largest absolute Gasteiger partial charge is 0.454 e. The van der Waals surface area contributed by atoms with Gasteiger partial charge in [-0.1, -0.05) is 234 Å². The average Bonchev–Trinajstić information content (AvgIpc) is 3.39. The molecule has 11 heteroatoms. The molecule has 73 heavy (non-hydrogen) atoms. The number of ether oxygens (including phenoxy) is 3. The minimum atomic E-state index is -1.62. The van der Waals surface area contributed by atoms with Crippen LogP contribution in [0, 0.1) is 0 Å². The number of unbranched alkanes of at least 4 members (excludes halogenated alkanes) is 22. The Labute approximate surface area is 444 Å². The Morgan fingerprint density at radius 2 is 0.986 bits per heavy atom. The lowest BCUT2D eigenvalue weighted by Gasteiger charge is -2.41. The summed E-state index contributed by atoms with van der Waals surface area (Å²) in [5.74, 6) is -1.23. The van der Waals surface area contributed by atoms with Crippen molar-refractivity contribution in [2.75, 3.05) is 13.2 Å². The smallest absolute Gasteiger partial charge is 0.306 e. The summed E-state index contributed by atoms with van der Waals surface area (Å²) in [6, 6.07) is -1.04. The van der Waals surface area contributed by atoms with Crippen molar-refractivity contribution in [3.63, 3.8) is 0 Å². The summed E-state index contributed by atoms with van der Waals surface area (Å²) in [5.41, 5.74) is 0. The molecule has 0 saturated carbocycles. The SMILES string of the molecule is CC/C=C\C/C=C\C/C=C\C/C=C\C/C=C\C/C=C\CCCCCC(O)C(=O)NC(COC1OC(CO)C(O)C(O)C1OC(=O)CCCCCCCCCCCCC)C(O)/C=C/CCCCCCCCCCC. The zero-order valence-electron chi connectivity index (χ0n) is 46.2. The van der Waals surface area contributed by atoms with Crippen LogP contribution in [0.25, 0.3) is 0 Å². The van der Waals surface area contributed by atoms with Gasteiger partial charge in [0.2, 0.25) is 5.91 Å². The molecule has 8 atom stereocenters. The Balaban J connectivity index is 2.70. The molecular formula is C62H107NO10. The summed E-state index contributed by atoms with van der Waals surface area (Å²) in [7, 11) is 0. The first-order valence-electron chi connectivity index (χ1n) is 29.4. The van der Waals surface area contributed by atoms with Crippen LogP contribution in [0.3, 0.4) is 0 Å². The number of carbonyl (C=O) groups is 2. The normalized spacial score (nSPS) is 20.0. The molecule has 0 aliphatic carbocycles. The highest BCUT2D eigenvalue weighted by molar-refractivity contribution is 5.80. The summed E-state index contributed by atoms with van der Waals surface area (Å²) >= 11 is 0. The number of hydrogen-bond acceptors (Lipinski definition) is 10. The molecule has 1 aliphatic heterocycles. The number of allylic oxidation sites excluding steroid dienone is 13. The zero-order chi connectivity index (χ0) is 53.3. The minimum absolute atomic E-state index is 0.119. The van der Waals surface area contributed by atoms with Gasteiger partial charge in [-0.2, -0.15) is 0 Å². The molecule has 1 heterocycles. The molecule has 11 nitrogen and oxygen atoms in total. The second kappa shape index (κ2) is 49.7. The third-order valence-electron chi connectivity index (χ3n) is 13.3. The summed E-state index contributed by atoms with van der Waals surface area (Å²) in [6.07, 6.45) is 53.4. The highest BCUT2D eigenvalue weighted by atomic mass is 16.7. The molecule has 1 aliphatic rings. The molecule has 0 radical (unpaired) electrons. The summed E-state index contributed by atoms with van der Waals surface area (Å²) < 4.78 is 17.5. The lowest BCUT2D eigenvalue weighted by atomic mass is 9.99. The highest BCUT2D eigenvalue weighted by Crippen LogP contribution is 2.26. The number of aliphatic hydroxyl groups excluding tert-OH is 5. The predicted octanol–water partition coefficient (Wildman–Crippen LogP) is 13.4. The van der Waals surface area contributed by atoms with E-state index >= 15 is 0 Å². The first-order chi connectivity index (χ1) is 35.7. The number of esters is 1. The summed E-state index contributed by atoms with van der Waals surface area (Å²) in [5, 5.41) is 56.7. The lowest BCUT2D eigenvalue weighted by molar-refractivity contribution is -0.305. The zero-order valence-corrected chi connectivity index (χ0v) is 46.2. The molecule has 8 unspecified atom stereocenters. The predicted molar refractivity (Wildman–Crippen MR) is 301 cm³/mol. The fourth-order valence-corrected chi connectivity index (χ4v) is 8.65. The van der Waals surface area contributed by atoms with E-state index in [1.165, 1.54) is 83.5 Å². The molecule has 1 amide bonds. The molecule has 0 spiro atoms. The van der Waals surface area contributed by atoms with Crippen molar-refractivity contribution in [1.82, 2.24) is 5.32 Å². The number of amides is 1. The lowest BCUT2D eigenvalue weighted by Crippen LogP contribution is -2.61. The van der Waals surface area contributed by atoms with Crippen molar-refractivity contribution >= 4 is 11.9 Å². The summed E-state index contributed by atoms with van der Waals surface area (Å²) in [4.78, 5) is 26.4. The van der Waals surface area contributed by atoms with Gasteiger partial charge in [-0.25, -0.2) is 0 Å². The van der Waals surface area contributed by atoms with E-state index in [0.29, 0.717) is 12.8 Å². The van der Waals surface area contributed by atoms with Gasteiger partial charge in [0, 0.05) is 6.42 Å². The molecule has 1 saturated heterocycles. The molecule has 6 N–H and O–H groups in total. The first-order valence-corrected chi connectivity index (χ1v) is 29.4. The topological polar surface area (TPSA) is 175 Å². The Morgan fingerprint density at radius 1 is 0.548 bits per heavy atom. The van der Waals surface area contributed by atoms with E-state index in [4.69, 9.17) is 14.2 Å². The standard InChI is InChI=1S/C62H107NO10/c1-4-7-10-13-16-19-22-23-24-25-26-27-28-29-30-31-32-35-37-40-43-46-49-55(66)61(70)63-53(54(65)48-45-42-39-36-33-20-17-14-11-8-5-2)52-71-62-60(59(69)58(68)56(51-64)72-62)73-57(67)50-47-44-41-38-34-21-18-15-12-9-6-3/h7,10,16,19,23-24,26-27,29-30,32,35,45,48,53-56,58-60,62,64-66,68-69H,4-6,8-9,11-15,17-18,20-22,25,28,31,33-34,36-44,46-47,49-52H2,1-3H3,(H,63,70)/b10-7-,19-16-,24-23-,27-26-,30-29-,35-32-,48-45+. The third kappa shape index (κ3) is 38.1. The Morgan fingerprint density at radius 3 is 1.48 bits per heavy atom. The number of rotatable bonds is 48. The van der Waals surface area contributed by atoms with Crippen molar-refractivity contribution in [2.24, 2.45) is 0 Å². The molecule has 420 valence electrons. The van der Waals surface area contributed by atoms with Crippen LogP contribution in [-0.2, 0) is 23.8 Å². The maximum Gasteiger partial charge on any atom is 0.306 e. The fraction of sp³-hybridized carbons (Fsp3) is 0.742. The average molecular weight is 1030 g/mol. The fourth-order valence-electron chi connectivity index (χ4n) is 8.65. The van der Waals surface area contributed by atoms with Gasteiger partial charge < -0.3 is 45.1 Å².